The highest BCUT2D eigenvalue weighted by atomic mass is 32.2. The van der Waals surface area contributed by atoms with Gasteiger partial charge in [0.2, 0.25) is 0 Å². The van der Waals surface area contributed by atoms with E-state index >= 15 is 0 Å². The number of oxazole rings is 1. The van der Waals surface area contributed by atoms with Crippen molar-refractivity contribution < 1.29 is 4.42 Å². The molecule has 0 unspecified atom stereocenters. The van der Waals surface area contributed by atoms with Crippen molar-refractivity contribution in [2.75, 3.05) is 7.05 Å². The van der Waals surface area contributed by atoms with E-state index in [-0.39, 0.29) is 0 Å². The molecule has 19 heavy (non-hydrogen) atoms. The summed E-state index contributed by atoms with van der Waals surface area (Å²) in [4.78, 5) is 5.65. The maximum Gasteiger partial charge on any atom is 0.261 e. The maximum absolute atomic E-state index is 5.74. The molecule has 4 heteroatoms. The quantitative estimate of drug-likeness (QED) is 0.784. The molecule has 0 aliphatic carbocycles. The lowest BCUT2D eigenvalue weighted by Gasteiger charge is -2.05. The van der Waals surface area contributed by atoms with Gasteiger partial charge in [0.05, 0.1) is 0 Å². The summed E-state index contributed by atoms with van der Waals surface area (Å²) in [6.45, 7) is 0.837. The molecule has 1 heterocycles. The number of nitrogens with zero attached hydrogens (tertiary/aromatic N) is 1. The van der Waals surface area contributed by atoms with E-state index in [0.717, 1.165) is 17.6 Å². The molecule has 0 saturated carbocycles. The lowest BCUT2D eigenvalue weighted by molar-refractivity contribution is 0.489. The largest absolute Gasteiger partial charge is 0.431 e. The van der Waals surface area contributed by atoms with Crippen LogP contribution >= 0.6 is 11.8 Å². The van der Waals surface area contributed by atoms with Crippen molar-refractivity contribution in [2.24, 2.45) is 0 Å². The highest BCUT2D eigenvalue weighted by molar-refractivity contribution is 7.99. The standard InChI is InChI=1S/C15H14N2OS/c1-16-10-11-6-2-5-9-14(11)19-15-17-12-7-3-4-8-13(12)18-15/h2-9,16H,10H2,1H3. The maximum atomic E-state index is 5.74. The van der Waals surface area contributed by atoms with Gasteiger partial charge < -0.3 is 9.73 Å². The van der Waals surface area contributed by atoms with Crippen LogP contribution < -0.4 is 5.32 Å². The van der Waals surface area contributed by atoms with E-state index in [9.17, 15) is 0 Å². The van der Waals surface area contributed by atoms with Gasteiger partial charge in [-0.15, -0.1) is 0 Å². The van der Waals surface area contributed by atoms with Gasteiger partial charge in [-0.05, 0) is 42.6 Å². The molecule has 3 aromatic rings. The van der Waals surface area contributed by atoms with Crippen LogP contribution in [0.4, 0.5) is 0 Å². The number of rotatable bonds is 4. The molecule has 3 rings (SSSR count). The van der Waals surface area contributed by atoms with Gasteiger partial charge in [-0.3, -0.25) is 0 Å². The zero-order valence-electron chi connectivity index (χ0n) is 10.6. The fourth-order valence-corrected chi connectivity index (χ4v) is 2.81. The van der Waals surface area contributed by atoms with Crippen molar-refractivity contribution in [2.45, 2.75) is 16.7 Å². The van der Waals surface area contributed by atoms with Crippen LogP contribution in [0.5, 0.6) is 0 Å². The molecule has 3 nitrogen and oxygen atoms in total. The highest BCUT2D eigenvalue weighted by Crippen LogP contribution is 2.31. The number of hydrogen-bond donors (Lipinski definition) is 1. The Labute approximate surface area is 116 Å². The summed E-state index contributed by atoms with van der Waals surface area (Å²) >= 11 is 1.56. The van der Waals surface area contributed by atoms with Crippen LogP contribution in [0.3, 0.4) is 0 Å². The molecule has 0 fully saturated rings. The van der Waals surface area contributed by atoms with Crippen LogP contribution in [0.25, 0.3) is 11.1 Å². The van der Waals surface area contributed by atoms with Crippen LogP contribution in [0.15, 0.2) is 63.1 Å². The first-order valence-corrected chi connectivity index (χ1v) is 6.94. The second-order valence-electron chi connectivity index (χ2n) is 4.19. The first-order valence-electron chi connectivity index (χ1n) is 6.13. The minimum absolute atomic E-state index is 0.685. The Morgan fingerprint density at radius 2 is 1.89 bits per heavy atom. The summed E-state index contributed by atoms with van der Waals surface area (Å²) in [6, 6.07) is 16.1. The highest BCUT2D eigenvalue weighted by Gasteiger charge is 2.09. The Hall–Kier alpha value is -1.78. The van der Waals surface area contributed by atoms with Gasteiger partial charge in [0, 0.05) is 11.4 Å². The van der Waals surface area contributed by atoms with Crippen LogP contribution in [0, 0.1) is 0 Å². The summed E-state index contributed by atoms with van der Waals surface area (Å²) in [6.07, 6.45) is 0. The predicted molar refractivity (Wildman–Crippen MR) is 77.3 cm³/mol. The summed E-state index contributed by atoms with van der Waals surface area (Å²) in [7, 11) is 1.95. The molecule has 0 aliphatic heterocycles. The van der Waals surface area contributed by atoms with Gasteiger partial charge >= 0.3 is 0 Å². The Morgan fingerprint density at radius 1 is 1.11 bits per heavy atom. The molecule has 0 atom stereocenters. The lowest BCUT2D eigenvalue weighted by Crippen LogP contribution is -2.05. The minimum atomic E-state index is 0.685. The molecule has 2 aromatic carbocycles. The molecule has 0 radical (unpaired) electrons. The molecule has 96 valence electrons. The third kappa shape index (κ3) is 2.64. The molecule has 1 N–H and O–H groups in total. The van der Waals surface area contributed by atoms with E-state index in [4.69, 9.17) is 4.42 Å². The average Bonchev–Trinajstić information content (AvgIpc) is 2.83. The number of para-hydroxylation sites is 2. The van der Waals surface area contributed by atoms with Crippen molar-refractivity contribution in [3.8, 4) is 0 Å². The molecular weight excluding hydrogens is 256 g/mol. The van der Waals surface area contributed by atoms with E-state index in [1.54, 1.807) is 11.8 Å². The fourth-order valence-electron chi connectivity index (χ4n) is 1.93. The SMILES string of the molecule is CNCc1ccccc1Sc1nc2ccccc2o1. The van der Waals surface area contributed by atoms with Crippen LogP contribution in [-0.2, 0) is 6.54 Å². The van der Waals surface area contributed by atoms with Crippen LogP contribution in [0.1, 0.15) is 5.56 Å². The van der Waals surface area contributed by atoms with Gasteiger partial charge in [0.15, 0.2) is 5.58 Å². The van der Waals surface area contributed by atoms with E-state index in [2.05, 4.69) is 22.4 Å². The number of aromatic nitrogens is 1. The molecule has 1 aromatic heterocycles. The Bertz CT molecular complexity index is 660. The molecular formula is C15H14N2OS. The Balaban J connectivity index is 1.92. The summed E-state index contributed by atoms with van der Waals surface area (Å²) in [5.41, 5.74) is 2.98. The first-order chi connectivity index (χ1) is 9.36. The third-order valence-electron chi connectivity index (χ3n) is 2.81. The molecule has 0 aliphatic rings. The monoisotopic (exact) mass is 270 g/mol. The topological polar surface area (TPSA) is 38.1 Å². The zero-order chi connectivity index (χ0) is 13.1. The van der Waals surface area contributed by atoms with Gasteiger partial charge in [-0.2, -0.15) is 0 Å². The second kappa shape index (κ2) is 5.47. The van der Waals surface area contributed by atoms with Gasteiger partial charge in [0.1, 0.15) is 5.52 Å². The average molecular weight is 270 g/mol. The summed E-state index contributed by atoms with van der Waals surface area (Å²) < 4.78 is 5.74. The summed E-state index contributed by atoms with van der Waals surface area (Å²) in [5.74, 6) is 0. The third-order valence-corrected chi connectivity index (χ3v) is 3.78. The molecule has 0 saturated heterocycles. The number of hydrogen-bond acceptors (Lipinski definition) is 4. The van der Waals surface area contributed by atoms with Gasteiger partial charge in [0.25, 0.3) is 5.22 Å². The van der Waals surface area contributed by atoms with Crippen molar-refractivity contribution in [1.82, 2.24) is 10.3 Å². The van der Waals surface area contributed by atoms with Gasteiger partial charge in [-0.1, -0.05) is 30.3 Å². The Morgan fingerprint density at radius 3 is 2.74 bits per heavy atom. The molecule has 0 amide bonds. The van der Waals surface area contributed by atoms with Crippen molar-refractivity contribution in [3.05, 3.63) is 54.1 Å². The van der Waals surface area contributed by atoms with Crippen molar-refractivity contribution >= 4 is 22.9 Å². The van der Waals surface area contributed by atoms with Crippen LogP contribution in [0.2, 0.25) is 0 Å². The number of benzene rings is 2. The van der Waals surface area contributed by atoms with E-state index in [1.807, 2.05) is 43.4 Å². The number of nitrogens with one attached hydrogen (secondary N) is 1. The lowest BCUT2D eigenvalue weighted by atomic mass is 10.2. The molecule has 0 bridgehead atoms. The first kappa shape index (κ1) is 12.3. The summed E-state index contributed by atoms with van der Waals surface area (Å²) in [5, 5.41) is 3.86. The second-order valence-corrected chi connectivity index (χ2v) is 5.18. The van der Waals surface area contributed by atoms with Gasteiger partial charge in [-0.25, -0.2) is 4.98 Å². The van der Waals surface area contributed by atoms with E-state index < -0.39 is 0 Å². The fraction of sp³-hybridized carbons (Fsp3) is 0.133. The zero-order valence-corrected chi connectivity index (χ0v) is 11.4. The normalized spacial score (nSPS) is 11.0. The smallest absolute Gasteiger partial charge is 0.261 e. The van der Waals surface area contributed by atoms with Crippen LogP contribution in [-0.4, -0.2) is 12.0 Å². The van der Waals surface area contributed by atoms with Crippen molar-refractivity contribution in [1.29, 1.82) is 0 Å². The minimum Gasteiger partial charge on any atom is -0.431 e. The van der Waals surface area contributed by atoms with E-state index in [0.29, 0.717) is 5.22 Å². The van der Waals surface area contributed by atoms with Crippen molar-refractivity contribution in [3.63, 3.8) is 0 Å². The number of fused-ring (bicyclic) bond motifs is 1. The Kier molecular flexibility index (Phi) is 3.53. The predicted octanol–water partition coefficient (Wildman–Crippen LogP) is 3.70. The van der Waals surface area contributed by atoms with E-state index in [1.165, 1.54) is 10.5 Å². The molecule has 0 spiro atoms.